The Morgan fingerprint density at radius 1 is 0.379 bits per heavy atom. The molecule has 1 unspecified atom stereocenters. The Morgan fingerprint density at radius 2 is 0.759 bits per heavy atom. The number of allylic oxidation sites excluding steroid dienone is 12. The van der Waals surface area contributed by atoms with Gasteiger partial charge in [-0.3, -0.25) is 14.4 Å². The van der Waals surface area contributed by atoms with Gasteiger partial charge in [-0.15, -0.1) is 0 Å². The van der Waals surface area contributed by atoms with Crippen LogP contribution >= 0.6 is 0 Å². The molecule has 0 aromatic heterocycles. The first kappa shape index (κ1) is 54.9. The van der Waals surface area contributed by atoms with E-state index >= 15 is 0 Å². The van der Waals surface area contributed by atoms with Crippen molar-refractivity contribution in [2.45, 2.75) is 226 Å². The zero-order valence-electron chi connectivity index (χ0n) is 37.8. The van der Waals surface area contributed by atoms with Crippen molar-refractivity contribution in [2.75, 3.05) is 13.2 Å². The van der Waals surface area contributed by atoms with Crippen LogP contribution in [0.4, 0.5) is 0 Å². The van der Waals surface area contributed by atoms with Crippen LogP contribution in [0.2, 0.25) is 0 Å². The van der Waals surface area contributed by atoms with Gasteiger partial charge in [0.05, 0.1) is 0 Å². The van der Waals surface area contributed by atoms with Gasteiger partial charge in [-0.1, -0.05) is 209 Å². The second-order valence-corrected chi connectivity index (χ2v) is 15.7. The minimum atomic E-state index is -0.805. The van der Waals surface area contributed by atoms with Crippen LogP contribution in [0, 0.1) is 0 Å². The van der Waals surface area contributed by atoms with Crippen LogP contribution in [0.3, 0.4) is 0 Å². The highest BCUT2D eigenvalue weighted by Gasteiger charge is 2.19. The van der Waals surface area contributed by atoms with Crippen LogP contribution in [0.1, 0.15) is 220 Å². The predicted octanol–water partition coefficient (Wildman–Crippen LogP) is 15.5. The molecule has 0 heterocycles. The molecule has 58 heavy (non-hydrogen) atoms. The monoisotopic (exact) mass is 809 g/mol. The third-order valence-corrected chi connectivity index (χ3v) is 10.1. The molecular formula is C52H88O6. The lowest BCUT2D eigenvalue weighted by atomic mass is 10.0. The van der Waals surface area contributed by atoms with E-state index in [9.17, 15) is 14.4 Å². The van der Waals surface area contributed by atoms with Gasteiger partial charge in [0, 0.05) is 19.3 Å². The van der Waals surface area contributed by atoms with Gasteiger partial charge < -0.3 is 14.2 Å². The molecule has 0 aliphatic heterocycles. The Hall–Kier alpha value is -3.15. The lowest BCUT2D eigenvalue weighted by molar-refractivity contribution is -0.167. The first-order chi connectivity index (χ1) is 28.5. The van der Waals surface area contributed by atoms with Gasteiger partial charge >= 0.3 is 17.9 Å². The molecule has 0 aliphatic rings. The van der Waals surface area contributed by atoms with Gasteiger partial charge in [0.25, 0.3) is 0 Å². The number of unbranched alkanes of at least 4 members (excludes halogenated alkanes) is 22. The normalized spacial score (nSPS) is 12.7. The Labute approximate surface area is 357 Å². The molecule has 0 aliphatic carbocycles. The number of carbonyl (C=O) groups is 3. The summed E-state index contributed by atoms with van der Waals surface area (Å²) in [6.07, 6.45) is 57.6. The van der Waals surface area contributed by atoms with Crippen molar-refractivity contribution in [2.24, 2.45) is 0 Å². The summed E-state index contributed by atoms with van der Waals surface area (Å²) in [5.74, 6) is -0.980. The lowest BCUT2D eigenvalue weighted by Crippen LogP contribution is -2.30. The quantitative estimate of drug-likeness (QED) is 0.0201. The van der Waals surface area contributed by atoms with Gasteiger partial charge in [0.2, 0.25) is 0 Å². The molecule has 0 radical (unpaired) electrons. The summed E-state index contributed by atoms with van der Waals surface area (Å²) < 4.78 is 16.6. The number of ether oxygens (including phenoxy) is 3. The molecule has 6 heteroatoms. The molecule has 332 valence electrons. The molecule has 0 aromatic carbocycles. The van der Waals surface area contributed by atoms with Gasteiger partial charge in [-0.05, 0) is 64.2 Å². The van der Waals surface area contributed by atoms with E-state index in [4.69, 9.17) is 14.2 Å². The van der Waals surface area contributed by atoms with Crippen LogP contribution in [0.15, 0.2) is 72.9 Å². The van der Waals surface area contributed by atoms with Crippen molar-refractivity contribution in [3.8, 4) is 0 Å². The van der Waals surface area contributed by atoms with Crippen LogP contribution < -0.4 is 0 Å². The number of hydrogen-bond acceptors (Lipinski definition) is 6. The minimum absolute atomic E-state index is 0.101. The topological polar surface area (TPSA) is 78.9 Å². The molecule has 0 spiro atoms. The first-order valence-electron chi connectivity index (χ1n) is 24.0. The summed E-state index contributed by atoms with van der Waals surface area (Å²) in [7, 11) is 0. The van der Waals surface area contributed by atoms with E-state index in [2.05, 4.69) is 57.2 Å². The van der Waals surface area contributed by atoms with E-state index in [0.717, 1.165) is 77.0 Å². The largest absolute Gasteiger partial charge is 0.462 e. The predicted molar refractivity (Wildman–Crippen MR) is 247 cm³/mol. The van der Waals surface area contributed by atoms with Gasteiger partial charge in [-0.25, -0.2) is 0 Å². The summed E-state index contributed by atoms with van der Waals surface area (Å²) in [5.41, 5.74) is 0. The molecule has 0 fully saturated rings. The smallest absolute Gasteiger partial charge is 0.306 e. The van der Waals surface area contributed by atoms with Crippen molar-refractivity contribution in [1.82, 2.24) is 0 Å². The second kappa shape index (κ2) is 46.5. The van der Waals surface area contributed by atoms with Gasteiger partial charge in [0.15, 0.2) is 6.10 Å². The van der Waals surface area contributed by atoms with Gasteiger partial charge in [0.1, 0.15) is 13.2 Å². The molecule has 0 saturated heterocycles. The molecule has 6 nitrogen and oxygen atoms in total. The van der Waals surface area contributed by atoms with E-state index in [1.165, 1.54) is 96.3 Å². The average Bonchev–Trinajstić information content (AvgIpc) is 3.22. The fraction of sp³-hybridized carbons (Fsp3) is 0.712. The fourth-order valence-electron chi connectivity index (χ4n) is 6.49. The molecule has 1 atom stereocenters. The van der Waals surface area contributed by atoms with Crippen LogP contribution in [0.25, 0.3) is 0 Å². The van der Waals surface area contributed by atoms with Crippen LogP contribution in [0.5, 0.6) is 0 Å². The van der Waals surface area contributed by atoms with Crippen LogP contribution in [-0.2, 0) is 28.6 Å². The SMILES string of the molecule is CC\C=C/C=C\C=C/C=C\CCCCCC(=O)OC(COC(=O)CCCC/C=C\C/C=C\CC)COC(=O)CCCCCCCCCCCCCCCCCCCC. The number of rotatable bonds is 42. The Bertz CT molecular complexity index is 1110. The van der Waals surface area contributed by atoms with Crippen LogP contribution in [-0.4, -0.2) is 37.2 Å². The van der Waals surface area contributed by atoms with Crippen molar-refractivity contribution < 1.29 is 28.6 Å². The molecular weight excluding hydrogens is 721 g/mol. The van der Waals surface area contributed by atoms with Gasteiger partial charge in [-0.2, -0.15) is 0 Å². The summed E-state index contributed by atoms with van der Waals surface area (Å²) in [6.45, 7) is 6.30. The second-order valence-electron chi connectivity index (χ2n) is 15.7. The summed E-state index contributed by atoms with van der Waals surface area (Å²) in [6, 6.07) is 0. The Balaban J connectivity index is 4.36. The first-order valence-corrected chi connectivity index (χ1v) is 24.0. The minimum Gasteiger partial charge on any atom is -0.462 e. The van der Waals surface area contributed by atoms with Crippen molar-refractivity contribution in [1.29, 1.82) is 0 Å². The van der Waals surface area contributed by atoms with Crippen molar-refractivity contribution in [3.63, 3.8) is 0 Å². The summed E-state index contributed by atoms with van der Waals surface area (Å²) >= 11 is 0. The highest BCUT2D eigenvalue weighted by molar-refractivity contribution is 5.71. The van der Waals surface area contributed by atoms with E-state index in [-0.39, 0.29) is 37.5 Å². The van der Waals surface area contributed by atoms with E-state index in [0.29, 0.717) is 19.3 Å². The molecule has 0 amide bonds. The Morgan fingerprint density at radius 3 is 1.28 bits per heavy atom. The summed E-state index contributed by atoms with van der Waals surface area (Å²) in [5, 5.41) is 0. The summed E-state index contributed by atoms with van der Waals surface area (Å²) in [4.78, 5) is 37.7. The molecule has 0 N–H and O–H groups in total. The fourth-order valence-corrected chi connectivity index (χ4v) is 6.49. The van der Waals surface area contributed by atoms with Crippen molar-refractivity contribution in [3.05, 3.63) is 72.9 Å². The lowest BCUT2D eigenvalue weighted by Gasteiger charge is -2.18. The third-order valence-electron chi connectivity index (χ3n) is 10.1. The maximum absolute atomic E-state index is 12.7. The maximum atomic E-state index is 12.7. The van der Waals surface area contributed by atoms with E-state index in [1.54, 1.807) is 0 Å². The van der Waals surface area contributed by atoms with E-state index in [1.807, 2.05) is 36.5 Å². The Kier molecular flexibility index (Phi) is 44.0. The average molecular weight is 809 g/mol. The number of hydrogen-bond donors (Lipinski definition) is 0. The number of esters is 3. The molecule has 0 aromatic rings. The van der Waals surface area contributed by atoms with Crippen molar-refractivity contribution >= 4 is 17.9 Å². The number of carbonyl (C=O) groups excluding carboxylic acids is 3. The molecule has 0 rings (SSSR count). The standard InChI is InChI=1S/C52H88O6/c1-4-7-10-13-16-19-21-23-24-25-26-27-29-30-33-36-39-42-45-51(54)57-48-49(47-56-50(53)44-41-38-35-32-18-15-12-9-6-3)58-52(55)46-43-40-37-34-31-28-22-20-17-14-11-8-5-2/h8-9,11-12,14,17-18,20,22,28,31-32,49H,4-7,10,13,15-16,19,21,23-27,29-30,33-48H2,1-3H3/b11-8-,12-9-,17-14-,22-20-,31-28-,32-18-. The molecule has 0 bridgehead atoms. The molecule has 0 saturated carbocycles. The zero-order valence-corrected chi connectivity index (χ0v) is 37.8. The highest BCUT2D eigenvalue weighted by Crippen LogP contribution is 2.15. The maximum Gasteiger partial charge on any atom is 0.306 e. The third kappa shape index (κ3) is 44.0. The highest BCUT2D eigenvalue weighted by atomic mass is 16.6. The van der Waals surface area contributed by atoms with E-state index < -0.39 is 6.10 Å². The zero-order chi connectivity index (χ0) is 42.3.